The lowest BCUT2D eigenvalue weighted by Crippen LogP contribution is -2.21. The number of hydrogen-bond donors (Lipinski definition) is 1. The first-order valence-corrected chi connectivity index (χ1v) is 6.68. The molecule has 0 unspecified atom stereocenters. The molecule has 100 valence electrons. The second-order valence-electron chi connectivity index (χ2n) is 4.64. The Labute approximate surface area is 115 Å². The summed E-state index contributed by atoms with van der Waals surface area (Å²) < 4.78 is 5.83. The molecule has 3 heteroatoms. The Morgan fingerprint density at radius 1 is 1.44 bits per heavy atom. The van der Waals surface area contributed by atoms with E-state index >= 15 is 0 Å². The number of halogens is 1. The second-order valence-corrected chi connectivity index (χ2v) is 5.04. The van der Waals surface area contributed by atoms with E-state index in [1.54, 1.807) is 0 Å². The minimum absolute atomic E-state index is 0.402. The lowest BCUT2D eigenvalue weighted by atomic mass is 10.0. The fraction of sp³-hybridized carbons (Fsp3) is 0.467. The van der Waals surface area contributed by atoms with Crippen LogP contribution >= 0.6 is 11.6 Å². The molecule has 0 saturated heterocycles. The molecule has 1 rings (SSSR count). The number of benzene rings is 1. The van der Waals surface area contributed by atoms with E-state index in [0.29, 0.717) is 12.5 Å². The Morgan fingerprint density at radius 3 is 2.78 bits per heavy atom. The van der Waals surface area contributed by atoms with Crippen LogP contribution in [0.3, 0.4) is 0 Å². The van der Waals surface area contributed by atoms with E-state index in [2.05, 4.69) is 25.7 Å². The Kier molecular flexibility index (Phi) is 6.23. The van der Waals surface area contributed by atoms with E-state index in [1.165, 1.54) is 0 Å². The zero-order chi connectivity index (χ0) is 13.5. The van der Waals surface area contributed by atoms with E-state index in [4.69, 9.17) is 16.3 Å². The lowest BCUT2D eigenvalue weighted by Gasteiger charge is -2.16. The summed E-state index contributed by atoms with van der Waals surface area (Å²) in [5.74, 6) is 1.34. The molecule has 0 amide bonds. The molecular weight excluding hydrogens is 246 g/mol. The van der Waals surface area contributed by atoms with Crippen LogP contribution in [0, 0.1) is 6.92 Å². The fourth-order valence-corrected chi connectivity index (χ4v) is 1.86. The third-order valence-electron chi connectivity index (χ3n) is 2.74. The molecule has 0 saturated carbocycles. The predicted octanol–water partition coefficient (Wildman–Crippen LogP) is 3.93. The molecule has 0 bridgehead atoms. The highest BCUT2D eigenvalue weighted by Gasteiger charge is 2.10. The van der Waals surface area contributed by atoms with Crippen LogP contribution in [0.2, 0.25) is 5.02 Å². The summed E-state index contributed by atoms with van der Waals surface area (Å²) in [5, 5.41) is 4.01. The molecule has 0 aliphatic heterocycles. The molecule has 0 aliphatic rings. The number of rotatable bonds is 7. The van der Waals surface area contributed by atoms with Gasteiger partial charge in [-0.15, -0.1) is 6.58 Å². The molecule has 0 fully saturated rings. The first-order valence-electron chi connectivity index (χ1n) is 6.30. The van der Waals surface area contributed by atoms with Crippen molar-refractivity contribution in [2.45, 2.75) is 26.7 Å². The minimum atomic E-state index is 0.402. The van der Waals surface area contributed by atoms with Crippen molar-refractivity contribution in [3.05, 3.63) is 40.9 Å². The lowest BCUT2D eigenvalue weighted by molar-refractivity contribution is 0.312. The van der Waals surface area contributed by atoms with Gasteiger partial charge in [0.2, 0.25) is 0 Å². The average molecular weight is 268 g/mol. The van der Waals surface area contributed by atoms with Gasteiger partial charge in [-0.25, -0.2) is 0 Å². The van der Waals surface area contributed by atoms with E-state index in [-0.39, 0.29) is 0 Å². The zero-order valence-corrected chi connectivity index (χ0v) is 12.2. The Hall–Kier alpha value is -0.990. The van der Waals surface area contributed by atoms with Crippen LogP contribution in [-0.4, -0.2) is 19.7 Å². The largest absolute Gasteiger partial charge is 0.492 e. The standard InChI is InChI=1S/C15H22ClNO/c1-5-6-17-7-8-18-15-9-12(4)14(16)10-13(15)11(2)3/h5,9-11,17H,1,6-8H2,2-4H3. The van der Waals surface area contributed by atoms with Gasteiger partial charge in [0.05, 0.1) is 0 Å². The SMILES string of the molecule is C=CCNCCOc1cc(C)c(Cl)cc1C(C)C. The highest BCUT2D eigenvalue weighted by molar-refractivity contribution is 6.31. The highest BCUT2D eigenvalue weighted by Crippen LogP contribution is 2.31. The minimum Gasteiger partial charge on any atom is -0.492 e. The smallest absolute Gasteiger partial charge is 0.123 e. The predicted molar refractivity (Wildman–Crippen MR) is 78.8 cm³/mol. The van der Waals surface area contributed by atoms with Gasteiger partial charge >= 0.3 is 0 Å². The molecule has 0 atom stereocenters. The number of ether oxygens (including phenoxy) is 1. The second kappa shape index (κ2) is 7.45. The highest BCUT2D eigenvalue weighted by atomic mass is 35.5. The molecule has 0 heterocycles. The first-order chi connectivity index (χ1) is 8.56. The van der Waals surface area contributed by atoms with Crippen molar-refractivity contribution in [2.24, 2.45) is 0 Å². The van der Waals surface area contributed by atoms with Gasteiger partial charge in [-0.1, -0.05) is 31.5 Å². The van der Waals surface area contributed by atoms with Gasteiger partial charge in [0.25, 0.3) is 0 Å². The van der Waals surface area contributed by atoms with Gasteiger partial charge in [0, 0.05) is 18.1 Å². The quantitative estimate of drug-likeness (QED) is 0.597. The van der Waals surface area contributed by atoms with Crippen LogP contribution in [0.15, 0.2) is 24.8 Å². The fourth-order valence-electron chi connectivity index (χ4n) is 1.68. The van der Waals surface area contributed by atoms with Crippen molar-refractivity contribution in [1.29, 1.82) is 0 Å². The van der Waals surface area contributed by atoms with Crippen molar-refractivity contribution in [3.63, 3.8) is 0 Å². The first kappa shape index (κ1) is 15.1. The summed E-state index contributed by atoms with van der Waals surface area (Å²) in [7, 11) is 0. The molecule has 1 aromatic rings. The number of aryl methyl sites for hydroxylation is 1. The third-order valence-corrected chi connectivity index (χ3v) is 3.15. The van der Waals surface area contributed by atoms with Crippen molar-refractivity contribution in [2.75, 3.05) is 19.7 Å². The van der Waals surface area contributed by atoms with Crippen LogP contribution in [-0.2, 0) is 0 Å². The van der Waals surface area contributed by atoms with Gasteiger partial charge in [-0.05, 0) is 36.1 Å². The van der Waals surface area contributed by atoms with Gasteiger partial charge in [0.15, 0.2) is 0 Å². The van der Waals surface area contributed by atoms with Gasteiger partial charge < -0.3 is 10.1 Å². The van der Waals surface area contributed by atoms with Crippen LogP contribution in [0.25, 0.3) is 0 Å². The van der Waals surface area contributed by atoms with E-state index in [9.17, 15) is 0 Å². The van der Waals surface area contributed by atoms with E-state index < -0.39 is 0 Å². The van der Waals surface area contributed by atoms with Crippen molar-refractivity contribution in [3.8, 4) is 5.75 Å². The average Bonchev–Trinajstić information content (AvgIpc) is 2.32. The number of nitrogens with one attached hydrogen (secondary N) is 1. The molecule has 0 aliphatic carbocycles. The van der Waals surface area contributed by atoms with E-state index in [1.807, 2.05) is 25.1 Å². The maximum atomic E-state index is 6.15. The molecule has 0 spiro atoms. The Morgan fingerprint density at radius 2 is 2.17 bits per heavy atom. The van der Waals surface area contributed by atoms with Crippen LogP contribution in [0.1, 0.15) is 30.9 Å². The van der Waals surface area contributed by atoms with Crippen molar-refractivity contribution >= 4 is 11.6 Å². The molecule has 1 N–H and O–H groups in total. The summed E-state index contributed by atoms with van der Waals surface area (Å²) in [4.78, 5) is 0. The summed E-state index contributed by atoms with van der Waals surface area (Å²) >= 11 is 6.15. The molecule has 2 nitrogen and oxygen atoms in total. The van der Waals surface area contributed by atoms with Gasteiger partial charge in [-0.2, -0.15) is 0 Å². The van der Waals surface area contributed by atoms with Crippen LogP contribution < -0.4 is 10.1 Å². The van der Waals surface area contributed by atoms with Crippen molar-refractivity contribution in [1.82, 2.24) is 5.32 Å². The summed E-state index contributed by atoms with van der Waals surface area (Å²) in [6, 6.07) is 4.03. The van der Waals surface area contributed by atoms with Crippen LogP contribution in [0.4, 0.5) is 0 Å². The maximum absolute atomic E-state index is 6.15. The van der Waals surface area contributed by atoms with Gasteiger partial charge in [0.1, 0.15) is 12.4 Å². The summed E-state index contributed by atoms with van der Waals surface area (Å²) in [6.07, 6.45) is 1.84. The summed E-state index contributed by atoms with van der Waals surface area (Å²) in [5.41, 5.74) is 2.21. The molecule has 0 radical (unpaired) electrons. The van der Waals surface area contributed by atoms with E-state index in [0.717, 1.165) is 35.0 Å². The molecule has 18 heavy (non-hydrogen) atoms. The number of hydrogen-bond acceptors (Lipinski definition) is 2. The third kappa shape index (κ3) is 4.35. The Balaban J connectivity index is 2.68. The molecule has 1 aromatic carbocycles. The molecule has 0 aromatic heterocycles. The molecular formula is C15H22ClNO. The monoisotopic (exact) mass is 267 g/mol. The topological polar surface area (TPSA) is 21.3 Å². The normalized spacial score (nSPS) is 10.7. The van der Waals surface area contributed by atoms with Crippen molar-refractivity contribution < 1.29 is 4.74 Å². The van der Waals surface area contributed by atoms with Crippen LogP contribution in [0.5, 0.6) is 5.75 Å². The maximum Gasteiger partial charge on any atom is 0.123 e. The zero-order valence-electron chi connectivity index (χ0n) is 11.4. The summed E-state index contributed by atoms with van der Waals surface area (Å²) in [6.45, 7) is 12.2. The van der Waals surface area contributed by atoms with Gasteiger partial charge in [-0.3, -0.25) is 0 Å². The Bertz CT molecular complexity index is 402.